The summed E-state index contributed by atoms with van der Waals surface area (Å²) >= 11 is 0. The Morgan fingerprint density at radius 2 is 1.58 bits per heavy atom. The first kappa shape index (κ1) is 28.1. The first-order valence-electron chi connectivity index (χ1n) is 16.3. The average molecular weight is 621 g/mol. The number of fused-ring (bicyclic) bond motifs is 6. The van der Waals surface area contributed by atoms with Gasteiger partial charge in [-0.3, -0.25) is 4.55 Å². The van der Waals surface area contributed by atoms with Gasteiger partial charge >= 0.3 is 10.1 Å². The zero-order valence-corrected chi connectivity index (χ0v) is 26.2. The van der Waals surface area contributed by atoms with Crippen molar-refractivity contribution >= 4 is 31.0 Å². The molecular formula is C35H40O6S2. The molecule has 3 unspecified atom stereocenters. The Balaban J connectivity index is 1.35. The topological polar surface area (TPSA) is 97.7 Å². The van der Waals surface area contributed by atoms with E-state index in [-0.39, 0.29) is 22.0 Å². The lowest BCUT2D eigenvalue weighted by atomic mass is 9.73. The predicted molar refractivity (Wildman–Crippen MR) is 166 cm³/mol. The number of hydrogen-bond acceptors (Lipinski definition) is 5. The highest BCUT2D eigenvalue weighted by atomic mass is 32.2. The van der Waals surface area contributed by atoms with Crippen molar-refractivity contribution in [2.75, 3.05) is 0 Å². The van der Waals surface area contributed by atoms with E-state index in [1.54, 1.807) is 0 Å². The minimum Gasteiger partial charge on any atom is -0.379 e. The smallest absolute Gasteiger partial charge is 0.339 e. The maximum atomic E-state index is 14.9. The van der Waals surface area contributed by atoms with Crippen molar-refractivity contribution in [2.45, 2.75) is 111 Å². The molecule has 6 nitrogen and oxygen atoms in total. The molecule has 43 heavy (non-hydrogen) atoms. The molecule has 5 aliphatic rings. The van der Waals surface area contributed by atoms with E-state index in [1.165, 1.54) is 25.0 Å². The lowest BCUT2D eigenvalue weighted by Crippen LogP contribution is -2.27. The quantitative estimate of drug-likeness (QED) is 0.171. The van der Waals surface area contributed by atoms with E-state index in [1.807, 2.05) is 6.07 Å². The summed E-state index contributed by atoms with van der Waals surface area (Å²) in [4.78, 5) is 0.262. The molecule has 0 saturated heterocycles. The van der Waals surface area contributed by atoms with Gasteiger partial charge < -0.3 is 4.18 Å². The minimum absolute atomic E-state index is 0.134. The Labute approximate surface area is 255 Å². The van der Waals surface area contributed by atoms with Crippen LogP contribution in [0.1, 0.15) is 105 Å². The first-order chi connectivity index (χ1) is 20.6. The highest BCUT2D eigenvalue weighted by Crippen LogP contribution is 2.61. The van der Waals surface area contributed by atoms with E-state index in [0.29, 0.717) is 46.6 Å². The van der Waals surface area contributed by atoms with E-state index >= 15 is 0 Å². The molecule has 1 N–H and O–H groups in total. The van der Waals surface area contributed by atoms with Crippen molar-refractivity contribution < 1.29 is 25.6 Å². The Hall–Kier alpha value is -2.42. The fourth-order valence-corrected chi connectivity index (χ4v) is 12.4. The third-order valence-corrected chi connectivity index (χ3v) is 14.1. The van der Waals surface area contributed by atoms with Crippen molar-refractivity contribution in [1.29, 1.82) is 0 Å². The van der Waals surface area contributed by atoms with Crippen LogP contribution in [-0.4, -0.2) is 21.4 Å². The van der Waals surface area contributed by atoms with Crippen LogP contribution in [-0.2, 0) is 38.5 Å². The van der Waals surface area contributed by atoms with Crippen LogP contribution in [0.2, 0.25) is 0 Å². The summed E-state index contributed by atoms with van der Waals surface area (Å²) in [5.41, 5.74) is 2.83. The third kappa shape index (κ3) is 4.57. The van der Waals surface area contributed by atoms with Gasteiger partial charge in [0.1, 0.15) is 10.6 Å². The molecule has 0 spiro atoms. The van der Waals surface area contributed by atoms with Gasteiger partial charge in [-0.1, -0.05) is 37.1 Å². The molecule has 4 fully saturated rings. The summed E-state index contributed by atoms with van der Waals surface area (Å²) in [6, 6.07) is 13.2. The first-order valence-corrected chi connectivity index (χ1v) is 19.1. The summed E-state index contributed by atoms with van der Waals surface area (Å²) in [5, 5.41) is 2.14. The second-order valence-electron chi connectivity index (χ2n) is 14.2. The van der Waals surface area contributed by atoms with Crippen LogP contribution in [0.4, 0.5) is 0 Å². The number of benzene rings is 3. The predicted octanol–water partition coefficient (Wildman–Crippen LogP) is 7.86. The van der Waals surface area contributed by atoms with Gasteiger partial charge in [0.2, 0.25) is 0 Å². The van der Waals surface area contributed by atoms with Gasteiger partial charge in [-0.2, -0.15) is 16.8 Å². The Kier molecular flexibility index (Phi) is 6.56. The Morgan fingerprint density at radius 1 is 0.814 bits per heavy atom. The maximum absolute atomic E-state index is 14.9. The van der Waals surface area contributed by atoms with Crippen LogP contribution in [0.25, 0.3) is 10.8 Å². The van der Waals surface area contributed by atoms with Gasteiger partial charge in [-0.15, -0.1) is 0 Å². The SMILES string of the molecule is O=S(=O)(O)c1ccc(OS(=O)(=O)c2c(C3CC4CCC3C4)cc3ccccc3c2C23CCC(CC2)C3)c2c1CCCCC2. The minimum atomic E-state index is -4.45. The average Bonchev–Trinajstić information content (AvgIpc) is 3.76. The lowest BCUT2D eigenvalue weighted by molar-refractivity contribution is 0.396. The zero-order valence-electron chi connectivity index (χ0n) is 24.6. The molecule has 3 atom stereocenters. The van der Waals surface area contributed by atoms with Gasteiger partial charge in [0.05, 0.1) is 4.90 Å². The third-order valence-electron chi connectivity index (χ3n) is 11.9. The van der Waals surface area contributed by atoms with Crippen LogP contribution in [0, 0.1) is 17.8 Å². The normalized spacial score (nSPS) is 30.1. The molecule has 0 aromatic heterocycles. The van der Waals surface area contributed by atoms with Crippen LogP contribution in [0.3, 0.4) is 0 Å². The van der Waals surface area contributed by atoms with Crippen LogP contribution in [0.15, 0.2) is 52.3 Å². The van der Waals surface area contributed by atoms with Crippen LogP contribution < -0.4 is 4.18 Å². The summed E-state index contributed by atoms with van der Waals surface area (Å²) in [5.74, 6) is 2.20. The van der Waals surface area contributed by atoms with Gasteiger partial charge in [-0.25, -0.2) is 0 Å². The van der Waals surface area contributed by atoms with Gasteiger partial charge in [0, 0.05) is 5.56 Å². The molecule has 228 valence electrons. The van der Waals surface area contributed by atoms with E-state index in [4.69, 9.17) is 4.18 Å². The molecule has 8 heteroatoms. The summed E-state index contributed by atoms with van der Waals surface area (Å²) in [6.45, 7) is 0. The Bertz CT molecular complexity index is 1840. The van der Waals surface area contributed by atoms with Gasteiger partial charge in [0.15, 0.2) is 0 Å². The van der Waals surface area contributed by atoms with Crippen molar-refractivity contribution in [1.82, 2.24) is 0 Å². The zero-order chi connectivity index (χ0) is 29.6. The standard InChI is InChI=1S/C35H40O6S2/c36-42(37,38)32-13-12-31(27-8-2-1-3-9-28(27)32)41-43(39,40)34-30(29-19-23-10-11-25(29)18-23)20-24-6-4-5-7-26(24)33(34)35-16-14-22(21-35)15-17-35/h4-7,12-13,20,22-23,25,29H,1-3,8-11,14-19,21H2,(H,36,37,38). The van der Waals surface area contributed by atoms with Crippen LogP contribution >= 0.6 is 0 Å². The molecule has 0 radical (unpaired) electrons. The maximum Gasteiger partial charge on any atom is 0.339 e. The molecule has 8 rings (SSSR count). The lowest BCUT2D eigenvalue weighted by Gasteiger charge is -2.34. The molecule has 0 aliphatic heterocycles. The molecule has 4 saturated carbocycles. The second kappa shape index (κ2) is 10.0. The molecular weight excluding hydrogens is 581 g/mol. The van der Waals surface area contributed by atoms with Gasteiger partial charge in [0.25, 0.3) is 10.1 Å². The molecule has 0 amide bonds. The largest absolute Gasteiger partial charge is 0.379 e. The van der Waals surface area contributed by atoms with Crippen molar-refractivity contribution in [3.8, 4) is 5.75 Å². The Morgan fingerprint density at radius 3 is 2.26 bits per heavy atom. The van der Waals surface area contributed by atoms with E-state index < -0.39 is 20.2 Å². The van der Waals surface area contributed by atoms with E-state index in [9.17, 15) is 21.4 Å². The summed E-state index contributed by atoms with van der Waals surface area (Å²) in [6.07, 6.45) is 13.3. The second-order valence-corrected chi connectivity index (χ2v) is 17.1. The molecule has 0 heterocycles. The molecule has 3 aromatic rings. The monoisotopic (exact) mass is 620 g/mol. The van der Waals surface area contributed by atoms with Crippen molar-refractivity contribution in [3.05, 3.63) is 64.7 Å². The molecule has 3 aromatic carbocycles. The number of rotatable bonds is 6. The number of hydrogen-bond donors (Lipinski definition) is 1. The summed E-state index contributed by atoms with van der Waals surface area (Å²) in [7, 11) is -8.74. The molecule has 4 bridgehead atoms. The fraction of sp³-hybridized carbons (Fsp3) is 0.543. The van der Waals surface area contributed by atoms with Crippen LogP contribution in [0.5, 0.6) is 5.75 Å². The highest BCUT2D eigenvalue weighted by molar-refractivity contribution is 7.87. The van der Waals surface area contributed by atoms with E-state index in [2.05, 4.69) is 24.3 Å². The fourth-order valence-electron chi connectivity index (χ4n) is 10.0. The molecule has 5 aliphatic carbocycles. The van der Waals surface area contributed by atoms with Gasteiger partial charge in [-0.05, 0) is 152 Å². The summed E-state index contributed by atoms with van der Waals surface area (Å²) < 4.78 is 70.6. The van der Waals surface area contributed by atoms with Crippen molar-refractivity contribution in [2.24, 2.45) is 17.8 Å². The van der Waals surface area contributed by atoms with Crippen molar-refractivity contribution in [3.63, 3.8) is 0 Å². The van der Waals surface area contributed by atoms with E-state index in [0.717, 1.165) is 86.1 Å². The highest BCUT2D eigenvalue weighted by Gasteiger charge is 2.51.